The number of para-hydroxylation sites is 1. The highest BCUT2D eigenvalue weighted by molar-refractivity contribution is 6.74. The second kappa shape index (κ2) is 10.5. The SMILES string of the molecule is CC(C)(C)[Si](C)(C)OC[C@H]1[CH][C@@H](O[Si](C)(C)C(C)(C)C)[C@H](n2ccc(Nc3ccccc3)nc2=O)O1. The van der Waals surface area contributed by atoms with Crippen LogP contribution in [-0.4, -0.2) is 45.0 Å². The molecule has 199 valence electrons. The monoisotopic (exact) mass is 530 g/mol. The summed E-state index contributed by atoms with van der Waals surface area (Å²) in [5.41, 5.74) is 0.485. The van der Waals surface area contributed by atoms with Gasteiger partial charge in [0.2, 0.25) is 0 Å². The van der Waals surface area contributed by atoms with E-state index in [1.807, 2.05) is 30.3 Å². The van der Waals surface area contributed by atoms with E-state index >= 15 is 0 Å². The van der Waals surface area contributed by atoms with E-state index in [0.717, 1.165) is 5.69 Å². The molecule has 0 unspecified atom stereocenters. The van der Waals surface area contributed by atoms with Crippen LogP contribution in [0.3, 0.4) is 0 Å². The smallest absolute Gasteiger partial charge is 0.351 e. The van der Waals surface area contributed by atoms with Crippen molar-refractivity contribution in [2.75, 3.05) is 11.9 Å². The summed E-state index contributed by atoms with van der Waals surface area (Å²) in [5.74, 6) is 0.490. The average molecular weight is 531 g/mol. The van der Waals surface area contributed by atoms with Crippen LogP contribution in [0.5, 0.6) is 0 Å². The second-order valence-corrected chi connectivity index (χ2v) is 22.2. The Labute approximate surface area is 218 Å². The quantitative estimate of drug-likeness (QED) is 0.393. The van der Waals surface area contributed by atoms with Crippen molar-refractivity contribution in [1.82, 2.24) is 9.55 Å². The number of benzene rings is 1. The first kappa shape index (κ1) is 28.8. The van der Waals surface area contributed by atoms with Gasteiger partial charge in [0.25, 0.3) is 0 Å². The summed E-state index contributed by atoms with van der Waals surface area (Å²) in [4.78, 5) is 17.4. The van der Waals surface area contributed by atoms with Gasteiger partial charge in [0.05, 0.1) is 18.8 Å². The van der Waals surface area contributed by atoms with Crippen LogP contribution in [0.15, 0.2) is 47.4 Å². The zero-order valence-corrected chi connectivity index (χ0v) is 25.6. The van der Waals surface area contributed by atoms with E-state index in [0.29, 0.717) is 12.4 Å². The Kier molecular flexibility index (Phi) is 8.42. The van der Waals surface area contributed by atoms with Gasteiger partial charge in [-0.3, -0.25) is 4.57 Å². The molecule has 0 aliphatic carbocycles. The molecular formula is C27H44N3O4Si2. The molecule has 0 amide bonds. The first-order valence-corrected chi connectivity index (χ1v) is 18.6. The number of nitrogens with zero attached hydrogens (tertiary/aromatic N) is 2. The molecule has 1 aromatic heterocycles. The Hall–Kier alpha value is -1.79. The number of anilines is 2. The third kappa shape index (κ3) is 6.75. The molecule has 3 atom stereocenters. The normalized spacial score (nSPS) is 21.6. The Balaban J connectivity index is 1.84. The van der Waals surface area contributed by atoms with E-state index in [1.54, 1.807) is 12.3 Å². The number of aromatic nitrogens is 2. The molecule has 36 heavy (non-hydrogen) atoms. The van der Waals surface area contributed by atoms with E-state index in [9.17, 15) is 4.79 Å². The van der Waals surface area contributed by atoms with Crippen molar-refractivity contribution in [1.29, 1.82) is 0 Å². The Morgan fingerprint density at radius 2 is 1.58 bits per heavy atom. The van der Waals surface area contributed by atoms with Gasteiger partial charge < -0.3 is 18.9 Å². The fourth-order valence-electron chi connectivity index (χ4n) is 3.39. The van der Waals surface area contributed by atoms with Crippen LogP contribution in [0.4, 0.5) is 11.5 Å². The molecular weight excluding hydrogens is 486 g/mol. The van der Waals surface area contributed by atoms with Gasteiger partial charge in [-0.2, -0.15) is 4.98 Å². The molecule has 1 aliphatic heterocycles. The first-order valence-electron chi connectivity index (χ1n) is 12.7. The zero-order valence-electron chi connectivity index (χ0n) is 23.6. The molecule has 9 heteroatoms. The van der Waals surface area contributed by atoms with Crippen LogP contribution in [0.25, 0.3) is 0 Å². The third-order valence-corrected chi connectivity index (χ3v) is 16.8. The summed E-state index contributed by atoms with van der Waals surface area (Å²) < 4.78 is 21.1. The van der Waals surface area contributed by atoms with E-state index in [4.69, 9.17) is 13.6 Å². The zero-order chi connectivity index (χ0) is 26.9. The Morgan fingerprint density at radius 3 is 2.14 bits per heavy atom. The third-order valence-electron chi connectivity index (χ3n) is 7.80. The topological polar surface area (TPSA) is 74.6 Å². The summed E-state index contributed by atoms with van der Waals surface area (Å²) in [5, 5.41) is 3.30. The Morgan fingerprint density at radius 1 is 0.972 bits per heavy atom. The van der Waals surface area contributed by atoms with Crippen molar-refractivity contribution >= 4 is 28.1 Å². The predicted molar refractivity (Wildman–Crippen MR) is 152 cm³/mol. The summed E-state index contributed by atoms with van der Waals surface area (Å²) in [6.07, 6.45) is 2.57. The maximum atomic E-state index is 13.1. The van der Waals surface area contributed by atoms with Gasteiger partial charge in [0, 0.05) is 18.3 Å². The molecule has 1 aliphatic rings. The van der Waals surface area contributed by atoms with Gasteiger partial charge in [-0.25, -0.2) is 4.79 Å². The second-order valence-electron chi connectivity index (χ2n) is 12.7. The standard InChI is InChI=1S/C27H44N3O4Si2/c1-26(2,3)35(7,8)32-19-21-18-22(34-36(9,10)27(4,5)6)24(33-21)30-17-16-23(29-25(30)31)28-20-14-12-11-13-15-20/h11-18,21-22,24H,19H2,1-10H3,(H,28,29,31)/t21-,22-,24-/m1/s1. The first-order chi connectivity index (χ1) is 16.5. The van der Waals surface area contributed by atoms with Crippen molar-refractivity contribution in [3.05, 3.63) is 59.5 Å². The highest BCUT2D eigenvalue weighted by atomic mass is 28.4. The maximum absolute atomic E-state index is 13.1. The van der Waals surface area contributed by atoms with Crippen molar-refractivity contribution < 1.29 is 13.6 Å². The van der Waals surface area contributed by atoms with Gasteiger partial charge in [-0.15, -0.1) is 0 Å². The maximum Gasteiger partial charge on any atom is 0.351 e. The van der Waals surface area contributed by atoms with Crippen molar-refractivity contribution in [2.24, 2.45) is 0 Å². The minimum Gasteiger partial charge on any atom is -0.414 e. The summed E-state index contributed by atoms with van der Waals surface area (Å²) in [6.45, 7) is 22.6. The van der Waals surface area contributed by atoms with Crippen LogP contribution in [-0.2, 0) is 13.6 Å². The van der Waals surface area contributed by atoms with Gasteiger partial charge in [0.15, 0.2) is 22.9 Å². The van der Waals surface area contributed by atoms with Crippen LogP contribution in [0, 0.1) is 6.42 Å². The largest absolute Gasteiger partial charge is 0.414 e. The van der Waals surface area contributed by atoms with Crippen molar-refractivity contribution in [3.63, 3.8) is 0 Å². The number of nitrogens with one attached hydrogen (secondary N) is 1. The molecule has 7 nitrogen and oxygen atoms in total. The molecule has 0 spiro atoms. The van der Waals surface area contributed by atoms with E-state index < -0.39 is 22.9 Å². The van der Waals surface area contributed by atoms with E-state index in [-0.39, 0.29) is 28.0 Å². The molecule has 0 saturated carbocycles. The molecule has 0 bridgehead atoms. The van der Waals surface area contributed by atoms with Gasteiger partial charge in [0.1, 0.15) is 5.82 Å². The lowest BCUT2D eigenvalue weighted by Gasteiger charge is -2.39. The lowest BCUT2D eigenvalue weighted by atomic mass is 10.2. The molecule has 3 rings (SSSR count). The van der Waals surface area contributed by atoms with Gasteiger partial charge in [-0.1, -0.05) is 59.7 Å². The van der Waals surface area contributed by atoms with Crippen LogP contribution >= 0.6 is 0 Å². The highest BCUT2D eigenvalue weighted by Crippen LogP contribution is 2.42. The molecule has 1 N–H and O–H groups in total. The highest BCUT2D eigenvalue weighted by Gasteiger charge is 2.46. The molecule has 1 radical (unpaired) electrons. The van der Waals surface area contributed by atoms with Crippen molar-refractivity contribution in [3.8, 4) is 0 Å². The summed E-state index contributed by atoms with van der Waals surface area (Å²) in [6, 6.07) is 11.5. The van der Waals surface area contributed by atoms with E-state index in [2.05, 4.69) is 84.5 Å². The average Bonchev–Trinajstić information content (AvgIpc) is 3.13. The molecule has 2 heterocycles. The number of rotatable bonds is 8. The fourth-order valence-corrected chi connectivity index (χ4v) is 5.64. The molecule has 1 fully saturated rings. The number of hydrogen-bond acceptors (Lipinski definition) is 6. The lowest BCUT2D eigenvalue weighted by Crippen LogP contribution is -2.46. The minimum absolute atomic E-state index is 0.0216. The summed E-state index contributed by atoms with van der Waals surface area (Å²) in [7, 11) is -4.08. The number of ether oxygens (including phenoxy) is 1. The van der Waals surface area contributed by atoms with E-state index in [1.165, 1.54) is 4.57 Å². The minimum atomic E-state index is -2.13. The van der Waals surface area contributed by atoms with Gasteiger partial charge >= 0.3 is 5.69 Å². The van der Waals surface area contributed by atoms with Gasteiger partial charge in [-0.05, 0) is 54.5 Å². The molecule has 2 aromatic rings. The van der Waals surface area contributed by atoms with Crippen LogP contribution in [0.2, 0.25) is 36.3 Å². The number of hydrogen-bond donors (Lipinski definition) is 1. The molecule has 1 saturated heterocycles. The van der Waals surface area contributed by atoms with Crippen molar-refractivity contribution in [2.45, 2.75) is 96.2 Å². The lowest BCUT2D eigenvalue weighted by molar-refractivity contribution is -0.0482. The van der Waals surface area contributed by atoms with Crippen LogP contribution in [0.1, 0.15) is 47.8 Å². The van der Waals surface area contributed by atoms with Crippen LogP contribution < -0.4 is 11.0 Å². The predicted octanol–water partition coefficient (Wildman–Crippen LogP) is 6.50. The Bertz CT molecular complexity index is 1070. The fraction of sp³-hybridized carbons (Fsp3) is 0.593. The molecule has 1 aromatic carbocycles. The summed E-state index contributed by atoms with van der Waals surface area (Å²) >= 11 is 0.